The molecule has 3 N–H and O–H groups in total. The number of nitrogens with two attached hydrogens (primary N) is 1. The molecule has 0 unspecified atom stereocenters. The van der Waals surface area contributed by atoms with Gasteiger partial charge in [-0.25, -0.2) is 0 Å². The lowest BCUT2D eigenvalue weighted by molar-refractivity contribution is -0.108. The minimum atomic E-state index is 0.289. The Balaban J connectivity index is 0. The minimum absolute atomic E-state index is 0.289. The van der Waals surface area contributed by atoms with Gasteiger partial charge in [0, 0.05) is 6.20 Å². The SMILES string of the molecule is CCCC.CN.Cc1ccc(CC(C)(C)C)cc1/C=C\NC=O. The van der Waals surface area contributed by atoms with Crippen molar-refractivity contribution in [3.8, 4) is 0 Å². The summed E-state index contributed by atoms with van der Waals surface area (Å²) < 4.78 is 0. The maximum Gasteiger partial charge on any atom is 0.211 e. The Hall–Kier alpha value is -1.61. The predicted octanol–water partition coefficient (Wildman–Crippen LogP) is 4.68. The van der Waals surface area contributed by atoms with Crippen LogP contribution in [0.5, 0.6) is 0 Å². The van der Waals surface area contributed by atoms with E-state index in [2.05, 4.69) is 70.8 Å². The highest BCUT2D eigenvalue weighted by Crippen LogP contribution is 2.22. The molecule has 0 aliphatic rings. The van der Waals surface area contributed by atoms with Gasteiger partial charge in [-0.3, -0.25) is 4.79 Å². The van der Waals surface area contributed by atoms with E-state index in [1.54, 1.807) is 6.20 Å². The van der Waals surface area contributed by atoms with Crippen LogP contribution in [0.15, 0.2) is 24.4 Å². The van der Waals surface area contributed by atoms with Gasteiger partial charge in [0.1, 0.15) is 0 Å². The Bertz CT molecular complexity index is 443. The Labute approximate surface area is 143 Å². The summed E-state index contributed by atoms with van der Waals surface area (Å²) in [7, 11) is 1.50. The summed E-state index contributed by atoms with van der Waals surface area (Å²) in [4.78, 5) is 10.2. The van der Waals surface area contributed by atoms with Crippen LogP contribution in [-0.4, -0.2) is 13.5 Å². The number of hydrogen-bond acceptors (Lipinski definition) is 2. The molecule has 0 radical (unpaired) electrons. The van der Waals surface area contributed by atoms with Crippen molar-refractivity contribution in [1.82, 2.24) is 5.32 Å². The van der Waals surface area contributed by atoms with Gasteiger partial charge in [0.25, 0.3) is 0 Å². The molecule has 0 aliphatic heterocycles. The van der Waals surface area contributed by atoms with Gasteiger partial charge in [0.2, 0.25) is 6.41 Å². The van der Waals surface area contributed by atoms with Crippen LogP contribution in [0.1, 0.15) is 64.2 Å². The summed E-state index contributed by atoms with van der Waals surface area (Å²) in [5.74, 6) is 0. The molecule has 132 valence electrons. The smallest absolute Gasteiger partial charge is 0.211 e. The quantitative estimate of drug-likeness (QED) is 0.774. The van der Waals surface area contributed by atoms with E-state index in [1.165, 1.54) is 31.0 Å². The Kier molecular flexibility index (Phi) is 14.4. The highest BCUT2D eigenvalue weighted by Gasteiger charge is 2.11. The zero-order chi connectivity index (χ0) is 18.3. The highest BCUT2D eigenvalue weighted by molar-refractivity contribution is 5.58. The number of carbonyl (C=O) groups excluding carboxylic acids is 1. The van der Waals surface area contributed by atoms with Gasteiger partial charge in [-0.1, -0.05) is 65.7 Å². The fourth-order valence-corrected chi connectivity index (χ4v) is 1.77. The number of benzene rings is 1. The van der Waals surface area contributed by atoms with Crippen LogP contribution in [0, 0.1) is 12.3 Å². The van der Waals surface area contributed by atoms with E-state index in [-0.39, 0.29) is 5.41 Å². The van der Waals surface area contributed by atoms with Crippen LogP contribution in [0.4, 0.5) is 0 Å². The maximum absolute atomic E-state index is 10.2. The third kappa shape index (κ3) is 13.8. The molecule has 0 saturated carbocycles. The van der Waals surface area contributed by atoms with Crippen molar-refractivity contribution in [2.24, 2.45) is 11.1 Å². The maximum atomic E-state index is 10.2. The van der Waals surface area contributed by atoms with E-state index >= 15 is 0 Å². The van der Waals surface area contributed by atoms with Gasteiger partial charge < -0.3 is 11.1 Å². The number of amides is 1. The molecule has 3 nitrogen and oxygen atoms in total. The third-order valence-corrected chi connectivity index (χ3v) is 3.01. The van der Waals surface area contributed by atoms with Gasteiger partial charge >= 0.3 is 0 Å². The van der Waals surface area contributed by atoms with Crippen LogP contribution in [0.3, 0.4) is 0 Å². The molecule has 23 heavy (non-hydrogen) atoms. The average molecular weight is 321 g/mol. The van der Waals surface area contributed by atoms with Crippen molar-refractivity contribution in [2.45, 2.75) is 60.8 Å². The van der Waals surface area contributed by atoms with Crippen molar-refractivity contribution in [3.63, 3.8) is 0 Å². The zero-order valence-electron chi connectivity index (χ0n) is 16.1. The Morgan fingerprint density at radius 3 is 2.13 bits per heavy atom. The molecule has 1 amide bonds. The molecule has 0 fully saturated rings. The lowest BCUT2D eigenvalue weighted by atomic mass is 9.87. The van der Waals surface area contributed by atoms with Crippen molar-refractivity contribution >= 4 is 12.5 Å². The third-order valence-electron chi connectivity index (χ3n) is 3.01. The van der Waals surface area contributed by atoms with E-state index in [0.29, 0.717) is 6.41 Å². The zero-order valence-corrected chi connectivity index (χ0v) is 16.1. The molecular formula is C20H36N2O. The first-order valence-electron chi connectivity index (χ1n) is 8.37. The van der Waals surface area contributed by atoms with E-state index in [0.717, 1.165) is 12.0 Å². The summed E-state index contributed by atoms with van der Waals surface area (Å²) >= 11 is 0. The van der Waals surface area contributed by atoms with E-state index in [9.17, 15) is 4.79 Å². The number of rotatable bonds is 5. The van der Waals surface area contributed by atoms with Crippen molar-refractivity contribution in [3.05, 3.63) is 41.1 Å². The summed E-state index contributed by atoms with van der Waals surface area (Å²) in [5, 5.41) is 2.53. The van der Waals surface area contributed by atoms with Crippen LogP contribution in [0.2, 0.25) is 0 Å². The molecule has 0 aliphatic carbocycles. The Morgan fingerprint density at radius 1 is 1.13 bits per heavy atom. The summed E-state index contributed by atoms with van der Waals surface area (Å²) in [6.07, 6.45) is 7.95. The topological polar surface area (TPSA) is 55.1 Å². The molecule has 1 aromatic rings. The molecule has 1 aromatic carbocycles. The van der Waals surface area contributed by atoms with Gasteiger partial charge in [0.05, 0.1) is 0 Å². The molecule has 3 heteroatoms. The number of nitrogens with one attached hydrogen (secondary N) is 1. The predicted molar refractivity (Wildman–Crippen MR) is 103 cm³/mol. The second-order valence-electron chi connectivity index (χ2n) is 6.55. The van der Waals surface area contributed by atoms with Crippen molar-refractivity contribution in [2.75, 3.05) is 7.05 Å². The average Bonchev–Trinajstić information content (AvgIpc) is 2.51. The second-order valence-corrected chi connectivity index (χ2v) is 6.55. The van der Waals surface area contributed by atoms with Gasteiger partial charge in [-0.2, -0.15) is 0 Å². The molecule has 0 spiro atoms. The van der Waals surface area contributed by atoms with E-state index in [4.69, 9.17) is 0 Å². The summed E-state index contributed by atoms with van der Waals surface area (Å²) in [5.41, 5.74) is 8.48. The standard InChI is InChI=1S/C15H21NO.C4H10.CH5N/c1-12-5-6-13(10-15(2,3)4)9-14(12)7-8-16-11-17;1-3-4-2;1-2/h5-9,11H,10H2,1-4H3,(H,16,17);3-4H2,1-2H3;2H2,1H3/b8-7-;;. The van der Waals surface area contributed by atoms with Crippen molar-refractivity contribution < 1.29 is 4.79 Å². The van der Waals surface area contributed by atoms with E-state index in [1.807, 2.05) is 6.08 Å². The minimum Gasteiger partial charge on any atom is -0.335 e. The van der Waals surface area contributed by atoms with Gasteiger partial charge in [-0.15, -0.1) is 0 Å². The van der Waals surface area contributed by atoms with Crippen LogP contribution >= 0.6 is 0 Å². The fraction of sp³-hybridized carbons (Fsp3) is 0.550. The largest absolute Gasteiger partial charge is 0.335 e. The van der Waals surface area contributed by atoms with Gasteiger partial charge in [0.15, 0.2) is 0 Å². The first kappa shape index (κ1) is 23.7. The first-order chi connectivity index (χ1) is 10.8. The van der Waals surface area contributed by atoms with Crippen LogP contribution in [0.25, 0.3) is 6.08 Å². The van der Waals surface area contributed by atoms with Crippen LogP contribution in [-0.2, 0) is 11.2 Å². The first-order valence-corrected chi connectivity index (χ1v) is 8.37. The molecule has 0 aromatic heterocycles. The number of aryl methyl sites for hydroxylation is 1. The highest BCUT2D eigenvalue weighted by atomic mass is 16.1. The Morgan fingerprint density at radius 2 is 1.70 bits per heavy atom. The number of unbranched alkanes of at least 4 members (excludes halogenated alkanes) is 1. The lowest BCUT2D eigenvalue weighted by Gasteiger charge is -2.18. The molecule has 0 saturated heterocycles. The van der Waals surface area contributed by atoms with Crippen molar-refractivity contribution in [1.29, 1.82) is 0 Å². The number of hydrogen-bond donors (Lipinski definition) is 2. The monoisotopic (exact) mass is 320 g/mol. The van der Waals surface area contributed by atoms with Gasteiger partial charge in [-0.05, 0) is 48.6 Å². The summed E-state index contributed by atoms with van der Waals surface area (Å²) in [6, 6.07) is 6.48. The number of carbonyl (C=O) groups is 1. The summed E-state index contributed by atoms with van der Waals surface area (Å²) in [6.45, 7) is 13.1. The lowest BCUT2D eigenvalue weighted by Crippen LogP contribution is -2.09. The molecule has 1 rings (SSSR count). The normalized spacial score (nSPS) is 10.3. The molecule has 0 bridgehead atoms. The van der Waals surface area contributed by atoms with E-state index < -0.39 is 0 Å². The fourth-order valence-electron chi connectivity index (χ4n) is 1.77. The van der Waals surface area contributed by atoms with Crippen LogP contribution < -0.4 is 11.1 Å². The molecular weight excluding hydrogens is 284 g/mol. The second kappa shape index (κ2) is 14.0. The molecule has 0 atom stereocenters. The molecule has 0 heterocycles.